The number of imidazole rings is 1. The van der Waals surface area contributed by atoms with Gasteiger partial charge in [0.2, 0.25) is 0 Å². The summed E-state index contributed by atoms with van der Waals surface area (Å²) in [6, 6.07) is 0.442. The smallest absolute Gasteiger partial charge is 0.183 e. The van der Waals surface area contributed by atoms with Gasteiger partial charge in [0.25, 0.3) is 0 Å². The predicted octanol–water partition coefficient (Wildman–Crippen LogP) is 0.794. The number of anilines is 1. The highest BCUT2D eigenvalue weighted by atomic mass is 19.1. The van der Waals surface area contributed by atoms with Crippen molar-refractivity contribution in [2.75, 3.05) is 18.6 Å². The van der Waals surface area contributed by atoms with Crippen molar-refractivity contribution in [1.29, 1.82) is 0 Å². The van der Waals surface area contributed by atoms with Crippen LogP contribution in [0.15, 0.2) is 12.7 Å². The van der Waals surface area contributed by atoms with Crippen LogP contribution in [0, 0.1) is 0 Å². The zero-order chi connectivity index (χ0) is 18.0. The summed E-state index contributed by atoms with van der Waals surface area (Å²) in [4.78, 5) is 15.0. The van der Waals surface area contributed by atoms with Crippen LogP contribution >= 0.6 is 0 Å². The van der Waals surface area contributed by atoms with Crippen molar-refractivity contribution in [3.05, 3.63) is 12.7 Å². The second kappa shape index (κ2) is 5.33. The van der Waals surface area contributed by atoms with Gasteiger partial charge in [-0.15, -0.1) is 0 Å². The van der Waals surface area contributed by atoms with Gasteiger partial charge in [-0.2, -0.15) is 0 Å². The molecule has 0 aromatic carbocycles. The van der Waals surface area contributed by atoms with Crippen molar-refractivity contribution in [2.24, 2.45) is 0 Å². The maximum Gasteiger partial charge on any atom is 0.183 e. The van der Waals surface area contributed by atoms with E-state index in [2.05, 4.69) is 19.9 Å². The molecule has 0 bridgehead atoms. The van der Waals surface area contributed by atoms with Gasteiger partial charge < -0.3 is 19.8 Å². The molecule has 1 aliphatic heterocycles. The monoisotopic (exact) mass is 351 g/mol. The topological polar surface area (TPSA) is 96.5 Å². The minimum absolute atomic E-state index is 0.431. The number of alkyl halides is 1. The summed E-state index contributed by atoms with van der Waals surface area (Å²) in [6.07, 6.45) is 2.89. The molecule has 2 aliphatic rings. The van der Waals surface area contributed by atoms with Crippen molar-refractivity contribution in [3.63, 3.8) is 0 Å². The lowest BCUT2D eigenvalue weighted by atomic mass is 9.85. The van der Waals surface area contributed by atoms with Crippen molar-refractivity contribution >= 4 is 17.0 Å². The highest BCUT2D eigenvalue weighted by Crippen LogP contribution is 2.48. The molecule has 1 aliphatic carbocycles. The van der Waals surface area contributed by atoms with Crippen LogP contribution in [0.5, 0.6) is 0 Å². The first kappa shape index (κ1) is 16.6. The molecule has 2 aromatic rings. The quantitative estimate of drug-likeness (QED) is 0.841. The fourth-order valence-electron chi connectivity index (χ4n) is 3.43. The lowest BCUT2D eigenvalue weighted by molar-refractivity contribution is -0.0891. The van der Waals surface area contributed by atoms with Gasteiger partial charge in [0, 0.05) is 13.1 Å². The maximum absolute atomic E-state index is 15.4. The molecule has 3 heterocycles. The molecule has 0 spiro atoms. The first-order valence-corrected chi connectivity index (χ1v) is 8.37. The number of fused-ring (bicyclic) bond motifs is 1. The van der Waals surface area contributed by atoms with Gasteiger partial charge in [0.1, 0.15) is 18.0 Å². The first-order chi connectivity index (χ1) is 11.8. The molecule has 2 aromatic heterocycles. The lowest BCUT2D eigenvalue weighted by Gasteiger charge is -2.32. The number of hydrogen-bond acceptors (Lipinski definition) is 7. The summed E-state index contributed by atoms with van der Waals surface area (Å²) in [6.45, 7) is 2.10. The molecule has 8 nitrogen and oxygen atoms in total. The van der Waals surface area contributed by atoms with E-state index in [-0.39, 0.29) is 0 Å². The van der Waals surface area contributed by atoms with E-state index in [1.807, 2.05) is 7.05 Å². The molecule has 1 saturated heterocycles. The fraction of sp³-hybridized carbons (Fsp3) is 0.688. The molecular weight excluding hydrogens is 329 g/mol. The number of rotatable bonds is 4. The number of aliphatic hydroxyl groups is 2. The average molecular weight is 351 g/mol. The standard InChI is InChI=1S/C16H22FN5O3/c1-15(17)14(25-10(6-23)16(15,2)24)22-8-20-11-12(18-7-19-13(11)22)21(3)9-4-5-9/h7-10,14,23-24H,4-6H2,1-3H3/t10-,14+,15+,16-/m1/s1. The van der Waals surface area contributed by atoms with Gasteiger partial charge >= 0.3 is 0 Å². The minimum atomic E-state index is -2.14. The number of aromatic nitrogens is 4. The van der Waals surface area contributed by atoms with E-state index < -0.39 is 30.2 Å². The largest absolute Gasteiger partial charge is 0.394 e. The number of aliphatic hydroxyl groups excluding tert-OH is 1. The third-order valence-electron chi connectivity index (χ3n) is 5.56. The van der Waals surface area contributed by atoms with Crippen LogP contribution in [0.3, 0.4) is 0 Å². The molecule has 4 rings (SSSR count). The molecule has 4 atom stereocenters. The highest BCUT2D eigenvalue weighted by Gasteiger charge is 2.63. The summed E-state index contributed by atoms with van der Waals surface area (Å²) in [5.74, 6) is 0.690. The summed E-state index contributed by atoms with van der Waals surface area (Å²) >= 11 is 0. The van der Waals surface area contributed by atoms with Crippen LogP contribution in [-0.2, 0) is 4.74 Å². The molecule has 9 heteroatoms. The Morgan fingerprint density at radius 1 is 1.36 bits per heavy atom. The van der Waals surface area contributed by atoms with Gasteiger partial charge in [-0.05, 0) is 26.7 Å². The molecule has 25 heavy (non-hydrogen) atoms. The van der Waals surface area contributed by atoms with Gasteiger partial charge in [-0.25, -0.2) is 19.3 Å². The van der Waals surface area contributed by atoms with Crippen molar-refractivity contribution in [2.45, 2.75) is 56.3 Å². The van der Waals surface area contributed by atoms with Crippen LogP contribution in [0.2, 0.25) is 0 Å². The van der Waals surface area contributed by atoms with Crippen LogP contribution in [-0.4, -0.2) is 66.8 Å². The molecule has 0 radical (unpaired) electrons. The summed E-state index contributed by atoms with van der Waals surface area (Å²) in [7, 11) is 1.95. The van der Waals surface area contributed by atoms with Crippen molar-refractivity contribution in [3.8, 4) is 0 Å². The minimum Gasteiger partial charge on any atom is -0.394 e. The van der Waals surface area contributed by atoms with E-state index in [1.165, 1.54) is 31.1 Å². The predicted molar refractivity (Wildman–Crippen MR) is 87.9 cm³/mol. The molecule has 0 amide bonds. The van der Waals surface area contributed by atoms with Crippen molar-refractivity contribution in [1.82, 2.24) is 19.5 Å². The van der Waals surface area contributed by atoms with Crippen LogP contribution in [0.1, 0.15) is 32.9 Å². The van der Waals surface area contributed by atoms with Gasteiger partial charge in [-0.3, -0.25) is 4.57 Å². The number of hydrogen-bond donors (Lipinski definition) is 2. The van der Waals surface area contributed by atoms with E-state index in [0.29, 0.717) is 23.0 Å². The van der Waals surface area contributed by atoms with E-state index in [1.54, 1.807) is 0 Å². The molecule has 0 unspecified atom stereocenters. The van der Waals surface area contributed by atoms with Crippen molar-refractivity contribution < 1.29 is 19.3 Å². The zero-order valence-electron chi connectivity index (χ0n) is 14.4. The second-order valence-electron chi connectivity index (χ2n) is 7.25. The summed E-state index contributed by atoms with van der Waals surface area (Å²) < 4.78 is 22.5. The Bertz CT molecular complexity index is 804. The van der Waals surface area contributed by atoms with E-state index in [4.69, 9.17) is 4.74 Å². The second-order valence-corrected chi connectivity index (χ2v) is 7.25. The Balaban J connectivity index is 1.79. The molecule has 2 N–H and O–H groups in total. The maximum atomic E-state index is 15.4. The third kappa shape index (κ3) is 2.26. The van der Waals surface area contributed by atoms with Crippen LogP contribution < -0.4 is 4.90 Å². The van der Waals surface area contributed by atoms with Gasteiger partial charge in [-0.1, -0.05) is 0 Å². The summed E-state index contributed by atoms with van der Waals surface area (Å²) in [5, 5.41) is 20.0. The highest BCUT2D eigenvalue weighted by molar-refractivity contribution is 5.83. The summed E-state index contributed by atoms with van der Waals surface area (Å²) in [5.41, 5.74) is -2.99. The Morgan fingerprint density at radius 3 is 2.68 bits per heavy atom. The number of halogens is 1. The third-order valence-corrected chi connectivity index (χ3v) is 5.56. The zero-order valence-corrected chi connectivity index (χ0v) is 14.4. The Hall–Kier alpha value is -1.84. The molecule has 1 saturated carbocycles. The van der Waals surface area contributed by atoms with Crippen LogP contribution in [0.4, 0.5) is 10.2 Å². The van der Waals surface area contributed by atoms with E-state index in [9.17, 15) is 10.2 Å². The Kier molecular flexibility index (Phi) is 3.54. The number of nitrogens with zero attached hydrogens (tertiary/aromatic N) is 5. The first-order valence-electron chi connectivity index (χ1n) is 8.37. The van der Waals surface area contributed by atoms with Crippen LogP contribution in [0.25, 0.3) is 11.2 Å². The lowest BCUT2D eigenvalue weighted by Crippen LogP contribution is -2.51. The number of ether oxygens (including phenoxy) is 1. The molecular formula is C16H22FN5O3. The Morgan fingerprint density at radius 2 is 2.08 bits per heavy atom. The Labute approximate surface area is 144 Å². The van der Waals surface area contributed by atoms with E-state index >= 15 is 4.39 Å². The normalized spacial score (nSPS) is 35.4. The average Bonchev–Trinajstić information content (AvgIpc) is 3.30. The fourth-order valence-corrected chi connectivity index (χ4v) is 3.43. The van der Waals surface area contributed by atoms with Gasteiger partial charge in [0.05, 0.1) is 12.9 Å². The van der Waals surface area contributed by atoms with Gasteiger partial charge in [0.15, 0.2) is 28.9 Å². The SMILES string of the molecule is CN(c1ncnc2c1ncn2[C@H]1O[C@H](CO)[C@@](C)(O)[C@@]1(C)F)C1CC1. The van der Waals surface area contributed by atoms with E-state index in [0.717, 1.165) is 12.8 Å². The molecule has 136 valence electrons. The molecule has 2 fully saturated rings.